The normalized spacial score (nSPS) is 15.4. The summed E-state index contributed by atoms with van der Waals surface area (Å²) < 4.78 is 0. The molecule has 1 N–H and O–H groups in total. The number of aromatic nitrogens is 1. The van der Waals surface area contributed by atoms with E-state index in [-0.39, 0.29) is 0 Å². The monoisotopic (exact) mass is 284 g/mol. The third kappa shape index (κ3) is 2.46. The van der Waals surface area contributed by atoms with Gasteiger partial charge in [-0.25, -0.2) is 9.78 Å². The summed E-state index contributed by atoms with van der Waals surface area (Å²) in [7, 11) is 0. The van der Waals surface area contributed by atoms with E-state index in [4.69, 9.17) is 4.98 Å². The van der Waals surface area contributed by atoms with Gasteiger partial charge in [0, 0.05) is 18.5 Å². The van der Waals surface area contributed by atoms with Crippen molar-refractivity contribution in [2.45, 2.75) is 33.1 Å². The molecule has 1 aliphatic heterocycles. The van der Waals surface area contributed by atoms with Crippen LogP contribution in [0.25, 0.3) is 10.9 Å². The Morgan fingerprint density at radius 3 is 2.48 bits per heavy atom. The molecule has 2 aromatic rings. The van der Waals surface area contributed by atoms with Crippen LogP contribution in [0, 0.1) is 13.8 Å². The van der Waals surface area contributed by atoms with Crippen LogP contribution in [0.5, 0.6) is 0 Å². The van der Waals surface area contributed by atoms with E-state index < -0.39 is 5.97 Å². The molecule has 0 spiro atoms. The fourth-order valence-electron chi connectivity index (χ4n) is 3.03. The molecule has 0 bridgehead atoms. The van der Waals surface area contributed by atoms with E-state index in [1.54, 1.807) is 6.07 Å². The van der Waals surface area contributed by atoms with Gasteiger partial charge in [-0.05, 0) is 50.3 Å². The Kier molecular flexibility index (Phi) is 3.53. The van der Waals surface area contributed by atoms with E-state index in [1.807, 2.05) is 26.0 Å². The number of fused-ring (bicyclic) bond motifs is 1. The summed E-state index contributed by atoms with van der Waals surface area (Å²) in [5.74, 6) is -0.269. The van der Waals surface area contributed by atoms with Gasteiger partial charge in [0.25, 0.3) is 0 Å². The summed E-state index contributed by atoms with van der Waals surface area (Å²) in [4.78, 5) is 18.5. The molecule has 4 nitrogen and oxygen atoms in total. The third-order valence-electron chi connectivity index (χ3n) is 4.27. The first-order valence-corrected chi connectivity index (χ1v) is 7.47. The van der Waals surface area contributed by atoms with Gasteiger partial charge in [-0.15, -0.1) is 0 Å². The van der Waals surface area contributed by atoms with Crippen molar-refractivity contribution < 1.29 is 9.90 Å². The van der Waals surface area contributed by atoms with Gasteiger partial charge in [-0.2, -0.15) is 0 Å². The average Bonchev–Trinajstić information content (AvgIpc) is 2.51. The lowest BCUT2D eigenvalue weighted by atomic mass is 10.0. The number of aromatic carboxylic acids is 1. The number of nitrogens with zero attached hydrogens (tertiary/aromatic N) is 2. The van der Waals surface area contributed by atoms with E-state index >= 15 is 0 Å². The van der Waals surface area contributed by atoms with Crippen LogP contribution in [-0.4, -0.2) is 29.1 Å². The van der Waals surface area contributed by atoms with Crippen molar-refractivity contribution in [2.75, 3.05) is 18.0 Å². The standard InChI is InChI=1S/C17H20N2O2/c1-11-6-7-12(2)15-13(11)10-14(17(20)21)16(18-15)19-8-4-3-5-9-19/h6-7,10H,3-5,8-9H2,1-2H3,(H,20,21). The van der Waals surface area contributed by atoms with E-state index in [1.165, 1.54) is 6.42 Å². The first kappa shape index (κ1) is 13.9. The van der Waals surface area contributed by atoms with Gasteiger partial charge < -0.3 is 10.0 Å². The Labute approximate surface area is 124 Å². The van der Waals surface area contributed by atoms with Gasteiger partial charge >= 0.3 is 5.97 Å². The van der Waals surface area contributed by atoms with Crippen LogP contribution in [0.4, 0.5) is 5.82 Å². The highest BCUT2D eigenvalue weighted by Crippen LogP contribution is 2.29. The van der Waals surface area contributed by atoms with Crippen molar-refractivity contribution in [3.63, 3.8) is 0 Å². The number of benzene rings is 1. The summed E-state index contributed by atoms with van der Waals surface area (Å²) in [6, 6.07) is 5.85. The van der Waals surface area contributed by atoms with Gasteiger partial charge in [0.2, 0.25) is 0 Å². The number of carboxylic acid groups (broad SMARTS) is 1. The minimum Gasteiger partial charge on any atom is -0.478 e. The lowest BCUT2D eigenvalue weighted by Gasteiger charge is -2.29. The van der Waals surface area contributed by atoms with Gasteiger partial charge in [0.15, 0.2) is 0 Å². The lowest BCUT2D eigenvalue weighted by molar-refractivity contribution is 0.0697. The highest BCUT2D eigenvalue weighted by atomic mass is 16.4. The zero-order chi connectivity index (χ0) is 15.0. The maximum absolute atomic E-state index is 11.6. The maximum Gasteiger partial charge on any atom is 0.339 e. The molecule has 0 unspecified atom stereocenters. The highest BCUT2D eigenvalue weighted by molar-refractivity contribution is 5.99. The van der Waals surface area contributed by atoms with Crippen LogP contribution in [0.3, 0.4) is 0 Å². The highest BCUT2D eigenvalue weighted by Gasteiger charge is 2.21. The molecule has 0 atom stereocenters. The maximum atomic E-state index is 11.6. The second kappa shape index (κ2) is 5.35. The Morgan fingerprint density at radius 1 is 1.14 bits per heavy atom. The largest absolute Gasteiger partial charge is 0.478 e. The predicted molar refractivity (Wildman–Crippen MR) is 84.2 cm³/mol. The van der Waals surface area contributed by atoms with Crippen molar-refractivity contribution in [2.24, 2.45) is 0 Å². The summed E-state index contributed by atoms with van der Waals surface area (Å²) in [5.41, 5.74) is 3.39. The van der Waals surface area contributed by atoms with Crippen LogP contribution in [0.1, 0.15) is 40.7 Å². The van der Waals surface area contributed by atoms with E-state index in [2.05, 4.69) is 4.90 Å². The van der Waals surface area contributed by atoms with Gasteiger partial charge in [0.1, 0.15) is 11.4 Å². The van der Waals surface area contributed by atoms with Crippen LogP contribution in [0.2, 0.25) is 0 Å². The van der Waals surface area contributed by atoms with Crippen molar-refractivity contribution in [3.05, 3.63) is 34.9 Å². The number of aryl methyl sites for hydroxylation is 2. The average molecular weight is 284 g/mol. The SMILES string of the molecule is Cc1ccc(C)c2nc(N3CCCCC3)c(C(=O)O)cc12. The predicted octanol–water partition coefficient (Wildman–Crippen LogP) is 3.54. The Morgan fingerprint density at radius 2 is 1.81 bits per heavy atom. The lowest BCUT2D eigenvalue weighted by Crippen LogP contribution is -2.31. The van der Waals surface area contributed by atoms with Crippen molar-refractivity contribution >= 4 is 22.7 Å². The molecular formula is C17H20N2O2. The van der Waals surface area contributed by atoms with Gasteiger partial charge in [-0.1, -0.05) is 12.1 Å². The van der Waals surface area contributed by atoms with Gasteiger partial charge in [-0.3, -0.25) is 0 Å². The molecule has 1 saturated heterocycles. The molecule has 1 aromatic heterocycles. The molecule has 0 amide bonds. The first-order chi connectivity index (χ1) is 10.1. The summed E-state index contributed by atoms with van der Waals surface area (Å²) >= 11 is 0. The Balaban J connectivity index is 2.23. The van der Waals surface area contributed by atoms with Crippen molar-refractivity contribution in [3.8, 4) is 0 Å². The van der Waals surface area contributed by atoms with Crippen molar-refractivity contribution in [1.29, 1.82) is 0 Å². The molecule has 2 heterocycles. The second-order valence-corrected chi connectivity index (χ2v) is 5.81. The number of carbonyl (C=O) groups is 1. The number of piperidine rings is 1. The molecular weight excluding hydrogens is 264 g/mol. The quantitative estimate of drug-likeness (QED) is 0.916. The molecule has 0 saturated carbocycles. The molecule has 1 aromatic carbocycles. The molecule has 0 aliphatic carbocycles. The number of rotatable bonds is 2. The van der Waals surface area contributed by atoms with Crippen LogP contribution in [-0.2, 0) is 0 Å². The molecule has 0 radical (unpaired) electrons. The van der Waals surface area contributed by atoms with Crippen LogP contribution in [0.15, 0.2) is 18.2 Å². The summed E-state index contributed by atoms with van der Waals surface area (Å²) in [6.45, 7) is 5.80. The minimum absolute atomic E-state index is 0.318. The van der Waals surface area contributed by atoms with E-state index in [0.29, 0.717) is 11.4 Å². The minimum atomic E-state index is -0.897. The second-order valence-electron chi connectivity index (χ2n) is 5.81. The number of anilines is 1. The number of hydrogen-bond acceptors (Lipinski definition) is 3. The summed E-state index contributed by atoms with van der Waals surface area (Å²) in [5, 5.41) is 10.5. The van der Waals surface area contributed by atoms with Crippen LogP contribution < -0.4 is 4.90 Å². The molecule has 4 heteroatoms. The molecule has 3 rings (SSSR count). The zero-order valence-corrected chi connectivity index (χ0v) is 12.5. The fourth-order valence-corrected chi connectivity index (χ4v) is 3.03. The van der Waals surface area contributed by atoms with Gasteiger partial charge in [0.05, 0.1) is 5.52 Å². The number of hydrogen-bond donors (Lipinski definition) is 1. The Bertz CT molecular complexity index is 703. The molecule has 21 heavy (non-hydrogen) atoms. The van der Waals surface area contributed by atoms with Crippen molar-refractivity contribution in [1.82, 2.24) is 4.98 Å². The topological polar surface area (TPSA) is 53.4 Å². The van der Waals surface area contributed by atoms with E-state index in [0.717, 1.165) is 48.0 Å². The smallest absolute Gasteiger partial charge is 0.339 e. The zero-order valence-electron chi connectivity index (χ0n) is 12.5. The van der Waals surface area contributed by atoms with E-state index in [9.17, 15) is 9.90 Å². The Hall–Kier alpha value is -2.10. The van der Waals surface area contributed by atoms with Crippen LogP contribution >= 0.6 is 0 Å². The first-order valence-electron chi connectivity index (χ1n) is 7.47. The fraction of sp³-hybridized carbons (Fsp3) is 0.412. The molecule has 1 aliphatic rings. The molecule has 110 valence electrons. The third-order valence-corrected chi connectivity index (χ3v) is 4.27. The number of carboxylic acids is 1. The number of pyridine rings is 1. The molecule has 1 fully saturated rings. The summed E-state index contributed by atoms with van der Waals surface area (Å²) in [6.07, 6.45) is 3.42.